The van der Waals surface area contributed by atoms with E-state index in [0.717, 1.165) is 17.5 Å². The first-order valence-electron chi connectivity index (χ1n) is 10.1. The molecular formula is C25H21Cl2NO4. The molecule has 1 heterocycles. The zero-order chi connectivity index (χ0) is 23.2. The third-order valence-electron chi connectivity index (χ3n) is 5.61. The van der Waals surface area contributed by atoms with Crippen LogP contribution in [-0.2, 0) is 0 Å². The highest BCUT2D eigenvalue weighted by Gasteiger charge is 2.22. The molecule has 0 radical (unpaired) electrons. The zero-order valence-electron chi connectivity index (χ0n) is 17.8. The molecule has 2 aliphatic rings. The van der Waals surface area contributed by atoms with E-state index < -0.39 is 0 Å². The molecule has 0 saturated heterocycles. The Bertz CT molecular complexity index is 1370. The largest absolute Gasteiger partial charge is 0.506 e. The Labute approximate surface area is 194 Å². The Morgan fingerprint density at radius 3 is 2.41 bits per heavy atom. The highest BCUT2D eigenvalue weighted by molar-refractivity contribution is 6.33. The normalized spacial score (nSPS) is 11.8. The summed E-state index contributed by atoms with van der Waals surface area (Å²) in [6.45, 7) is 5.96. The van der Waals surface area contributed by atoms with Gasteiger partial charge in [-0.3, -0.25) is 9.59 Å². The third-order valence-corrected chi connectivity index (χ3v) is 6.21. The highest BCUT2D eigenvalue weighted by Crippen LogP contribution is 2.43. The first kappa shape index (κ1) is 22.2. The van der Waals surface area contributed by atoms with Gasteiger partial charge in [-0.1, -0.05) is 42.3 Å². The van der Waals surface area contributed by atoms with Crippen molar-refractivity contribution in [2.45, 2.75) is 32.7 Å². The molecule has 2 aromatic carbocycles. The number of fused-ring (bicyclic) bond motifs is 2. The topological polar surface area (TPSA) is 79.5 Å². The Morgan fingerprint density at radius 2 is 1.75 bits per heavy atom. The van der Waals surface area contributed by atoms with Gasteiger partial charge in [0.1, 0.15) is 17.1 Å². The van der Waals surface area contributed by atoms with E-state index in [2.05, 4.69) is 5.32 Å². The van der Waals surface area contributed by atoms with Gasteiger partial charge in [0.2, 0.25) is 5.43 Å². The fraction of sp³-hybridized carbons (Fsp3) is 0.200. The van der Waals surface area contributed by atoms with Crippen LogP contribution < -0.4 is 10.7 Å². The molecule has 32 heavy (non-hydrogen) atoms. The lowest BCUT2D eigenvalue weighted by molar-refractivity contribution is 0.0911. The average Bonchev–Trinajstić information content (AvgIpc) is 2.74. The number of hydrogen-bond acceptors (Lipinski definition) is 4. The van der Waals surface area contributed by atoms with Crippen LogP contribution in [0.2, 0.25) is 10.0 Å². The summed E-state index contributed by atoms with van der Waals surface area (Å²) in [6, 6.07) is 13.0. The average molecular weight is 470 g/mol. The van der Waals surface area contributed by atoms with Crippen LogP contribution >= 0.6 is 23.2 Å². The van der Waals surface area contributed by atoms with Crippen LogP contribution in [0.15, 0.2) is 57.7 Å². The molecule has 0 saturated carbocycles. The number of aromatic hydroxyl groups is 1. The van der Waals surface area contributed by atoms with Crippen LogP contribution in [0, 0.1) is 0 Å². The maximum atomic E-state index is 12.6. The lowest BCUT2D eigenvalue weighted by Crippen LogP contribution is -2.42. The maximum Gasteiger partial charge on any atom is 0.251 e. The summed E-state index contributed by atoms with van der Waals surface area (Å²) < 4.78 is 5.87. The minimum atomic E-state index is -0.364. The van der Waals surface area contributed by atoms with Gasteiger partial charge in [-0.25, -0.2) is 0 Å². The number of amides is 1. The third kappa shape index (κ3) is 4.06. The maximum absolute atomic E-state index is 12.6. The summed E-state index contributed by atoms with van der Waals surface area (Å²) in [4.78, 5) is 24.7. The van der Waals surface area contributed by atoms with Gasteiger partial charge in [0.05, 0.1) is 10.0 Å². The van der Waals surface area contributed by atoms with Crippen molar-refractivity contribution in [3.63, 3.8) is 0 Å². The minimum absolute atomic E-state index is 0.0657. The first-order chi connectivity index (χ1) is 15.1. The fourth-order valence-electron chi connectivity index (χ4n) is 3.47. The highest BCUT2D eigenvalue weighted by atomic mass is 35.5. The molecule has 164 valence electrons. The van der Waals surface area contributed by atoms with Crippen LogP contribution in [0.4, 0.5) is 0 Å². The van der Waals surface area contributed by atoms with Gasteiger partial charge in [-0.05, 0) is 50.1 Å². The van der Waals surface area contributed by atoms with E-state index in [0.29, 0.717) is 27.9 Å². The first-order valence-corrected chi connectivity index (χ1v) is 10.9. The molecule has 2 aromatic rings. The molecular weight excluding hydrogens is 449 g/mol. The van der Waals surface area contributed by atoms with Crippen molar-refractivity contribution < 1.29 is 14.3 Å². The van der Waals surface area contributed by atoms with E-state index in [4.69, 9.17) is 27.6 Å². The minimum Gasteiger partial charge on any atom is -0.506 e. The zero-order valence-corrected chi connectivity index (χ0v) is 19.3. The van der Waals surface area contributed by atoms with Crippen molar-refractivity contribution in [3.05, 3.63) is 74.4 Å². The predicted octanol–water partition coefficient (Wildman–Crippen LogP) is 6.50. The van der Waals surface area contributed by atoms with E-state index >= 15 is 0 Å². The van der Waals surface area contributed by atoms with Gasteiger partial charge in [0.15, 0.2) is 0 Å². The van der Waals surface area contributed by atoms with Crippen LogP contribution in [-0.4, -0.2) is 16.6 Å². The van der Waals surface area contributed by atoms with Crippen LogP contribution in [0.3, 0.4) is 0 Å². The van der Waals surface area contributed by atoms with Crippen LogP contribution in [0.5, 0.6) is 5.75 Å². The molecule has 2 N–H and O–H groups in total. The molecule has 0 unspecified atom stereocenters. The van der Waals surface area contributed by atoms with Gasteiger partial charge < -0.3 is 14.8 Å². The number of rotatable bonds is 4. The Kier molecular flexibility index (Phi) is 5.65. The number of carbonyl (C=O) groups excluding carboxylic acids is 1. The molecule has 4 rings (SSSR count). The second kappa shape index (κ2) is 8.15. The van der Waals surface area contributed by atoms with Crippen molar-refractivity contribution in [2.75, 3.05) is 0 Å². The number of halogens is 2. The van der Waals surface area contributed by atoms with E-state index in [1.807, 2.05) is 32.9 Å². The summed E-state index contributed by atoms with van der Waals surface area (Å²) in [5.41, 5.74) is 2.34. The number of nitrogens with one attached hydrogen (secondary N) is 1. The number of phenols is 1. The van der Waals surface area contributed by atoms with E-state index in [1.165, 1.54) is 12.1 Å². The number of phenolic OH excluding ortho intramolecular Hbond substituents is 1. The van der Waals surface area contributed by atoms with Crippen LogP contribution in [0.1, 0.15) is 37.6 Å². The molecule has 0 fully saturated rings. The summed E-state index contributed by atoms with van der Waals surface area (Å²) in [7, 11) is 0. The number of carbonyl (C=O) groups is 1. The van der Waals surface area contributed by atoms with Crippen molar-refractivity contribution in [1.82, 2.24) is 5.32 Å². The van der Waals surface area contributed by atoms with E-state index in [1.54, 1.807) is 24.3 Å². The van der Waals surface area contributed by atoms with E-state index in [9.17, 15) is 14.7 Å². The molecule has 7 heteroatoms. The second-order valence-corrected chi connectivity index (χ2v) is 9.14. The standard InChI is InChI=1S/C25H21Cl2NO4/c1-4-25(2,3)28-24(31)14-7-5-13(6-8-14)23-15-9-17(26)19(29)11-21(15)32-22-12-20(30)18(27)10-16(22)23/h5-12,29H,4H2,1-3H3,(H,28,31). The predicted molar refractivity (Wildman–Crippen MR) is 128 cm³/mol. The fourth-order valence-corrected chi connectivity index (χ4v) is 3.80. The Morgan fingerprint density at radius 1 is 1.06 bits per heavy atom. The monoisotopic (exact) mass is 469 g/mol. The lowest BCUT2D eigenvalue weighted by Gasteiger charge is -2.24. The Balaban J connectivity index is 1.91. The van der Waals surface area contributed by atoms with Gasteiger partial charge in [0.25, 0.3) is 5.91 Å². The molecule has 1 aliphatic heterocycles. The summed E-state index contributed by atoms with van der Waals surface area (Å²) in [6.07, 6.45) is 0.804. The summed E-state index contributed by atoms with van der Waals surface area (Å²) in [5.74, 6) is 0.0402. The Hall–Kier alpha value is -3.02. The molecule has 0 aromatic heterocycles. The SMILES string of the molecule is CCC(C)(C)NC(=O)c1ccc(-c2c3cc(Cl)c(=O)cc-3oc3cc(O)c(Cl)cc23)cc1. The van der Waals surface area contributed by atoms with Crippen molar-refractivity contribution in [3.8, 4) is 28.2 Å². The van der Waals surface area contributed by atoms with E-state index in [-0.39, 0.29) is 32.7 Å². The number of hydrogen-bond donors (Lipinski definition) is 2. The molecule has 1 amide bonds. The second-order valence-electron chi connectivity index (χ2n) is 8.32. The molecule has 0 spiro atoms. The molecule has 1 aliphatic carbocycles. The number of benzene rings is 3. The molecule has 5 nitrogen and oxygen atoms in total. The van der Waals surface area contributed by atoms with Crippen LogP contribution in [0.25, 0.3) is 33.4 Å². The van der Waals surface area contributed by atoms with Crippen molar-refractivity contribution >= 4 is 40.1 Å². The van der Waals surface area contributed by atoms with Crippen molar-refractivity contribution in [1.29, 1.82) is 0 Å². The summed E-state index contributed by atoms with van der Waals surface area (Å²) >= 11 is 12.3. The van der Waals surface area contributed by atoms with Gasteiger partial charge in [-0.15, -0.1) is 0 Å². The molecule has 0 bridgehead atoms. The smallest absolute Gasteiger partial charge is 0.251 e. The molecule has 0 atom stereocenters. The van der Waals surface area contributed by atoms with Gasteiger partial charge >= 0.3 is 0 Å². The van der Waals surface area contributed by atoms with Gasteiger partial charge in [0, 0.05) is 39.7 Å². The quantitative estimate of drug-likeness (QED) is 0.334. The summed E-state index contributed by atoms with van der Waals surface area (Å²) in [5, 5.41) is 13.9. The van der Waals surface area contributed by atoms with Crippen molar-refractivity contribution in [2.24, 2.45) is 0 Å². The van der Waals surface area contributed by atoms with Gasteiger partial charge in [-0.2, -0.15) is 0 Å². The lowest BCUT2D eigenvalue weighted by atomic mass is 9.93.